The number of carboxylic acids is 1. The Morgan fingerprint density at radius 1 is 1.37 bits per heavy atom. The Hall–Kier alpha value is -0.910. The minimum Gasteiger partial charge on any atom is -0.480 e. The first kappa shape index (κ1) is 16.1. The van der Waals surface area contributed by atoms with E-state index in [1.165, 1.54) is 0 Å². The highest BCUT2D eigenvalue weighted by Gasteiger charge is 2.28. The van der Waals surface area contributed by atoms with Gasteiger partial charge in [-0.3, -0.25) is 0 Å². The molecule has 5 nitrogen and oxygen atoms in total. The smallest absolute Gasteiger partial charge is 0.326 e. The van der Waals surface area contributed by atoms with E-state index in [0.717, 1.165) is 12.8 Å². The van der Waals surface area contributed by atoms with Crippen molar-refractivity contribution in [3.63, 3.8) is 0 Å². The standard InChI is InChI=1S/C13H24N2O3S/c1-4-5-6-11(12(16)17)14-13(18)15-7-9(2)19-10(3)8-15/h9-11H,4-8H2,1-3H3,(H,14,18)(H,16,17)/t9?,10?,11-/m0/s1. The molecule has 110 valence electrons. The second kappa shape index (κ2) is 7.62. The van der Waals surface area contributed by atoms with Crippen LogP contribution in [0.1, 0.15) is 40.0 Å². The summed E-state index contributed by atoms with van der Waals surface area (Å²) in [4.78, 5) is 25.0. The number of hydrogen-bond donors (Lipinski definition) is 2. The number of carboxylic acid groups (broad SMARTS) is 1. The summed E-state index contributed by atoms with van der Waals surface area (Å²) >= 11 is 1.86. The molecule has 2 unspecified atom stereocenters. The lowest BCUT2D eigenvalue weighted by molar-refractivity contribution is -0.139. The third-order valence-electron chi connectivity index (χ3n) is 3.15. The molecule has 0 bridgehead atoms. The second-order valence-electron chi connectivity index (χ2n) is 5.14. The number of hydrogen-bond acceptors (Lipinski definition) is 3. The fourth-order valence-corrected chi connectivity index (χ4v) is 3.57. The van der Waals surface area contributed by atoms with E-state index in [9.17, 15) is 9.59 Å². The Balaban J connectivity index is 2.53. The summed E-state index contributed by atoms with van der Waals surface area (Å²) in [6.45, 7) is 7.55. The van der Waals surface area contributed by atoms with Crippen LogP contribution in [0.5, 0.6) is 0 Å². The highest BCUT2D eigenvalue weighted by molar-refractivity contribution is 8.00. The third kappa shape index (κ3) is 5.30. The Kier molecular flexibility index (Phi) is 6.48. The first-order valence-electron chi connectivity index (χ1n) is 6.87. The van der Waals surface area contributed by atoms with E-state index in [-0.39, 0.29) is 6.03 Å². The van der Waals surface area contributed by atoms with Crippen molar-refractivity contribution in [1.82, 2.24) is 10.2 Å². The van der Waals surface area contributed by atoms with Crippen molar-refractivity contribution in [3.8, 4) is 0 Å². The van der Waals surface area contributed by atoms with Gasteiger partial charge in [0.1, 0.15) is 6.04 Å². The van der Waals surface area contributed by atoms with Gasteiger partial charge in [-0.1, -0.05) is 33.6 Å². The fourth-order valence-electron chi connectivity index (χ4n) is 2.25. The number of nitrogens with one attached hydrogen (secondary N) is 1. The Morgan fingerprint density at radius 3 is 2.42 bits per heavy atom. The zero-order valence-corrected chi connectivity index (χ0v) is 12.7. The lowest BCUT2D eigenvalue weighted by atomic mass is 10.1. The number of rotatable bonds is 5. The number of amides is 2. The number of aliphatic carboxylic acids is 1. The molecular formula is C13H24N2O3S. The molecule has 0 aromatic carbocycles. The maximum Gasteiger partial charge on any atom is 0.326 e. The first-order valence-corrected chi connectivity index (χ1v) is 7.82. The molecular weight excluding hydrogens is 264 g/mol. The van der Waals surface area contributed by atoms with E-state index in [1.54, 1.807) is 4.90 Å². The molecule has 3 atom stereocenters. The summed E-state index contributed by atoms with van der Waals surface area (Å²) in [5.74, 6) is -0.950. The number of carbonyl (C=O) groups is 2. The van der Waals surface area contributed by atoms with E-state index in [4.69, 9.17) is 5.11 Å². The quantitative estimate of drug-likeness (QED) is 0.813. The van der Waals surface area contributed by atoms with E-state index >= 15 is 0 Å². The van der Waals surface area contributed by atoms with E-state index in [0.29, 0.717) is 30.0 Å². The summed E-state index contributed by atoms with van der Waals surface area (Å²) < 4.78 is 0. The zero-order valence-electron chi connectivity index (χ0n) is 11.9. The van der Waals surface area contributed by atoms with Crippen molar-refractivity contribution in [3.05, 3.63) is 0 Å². The molecule has 1 fully saturated rings. The van der Waals surface area contributed by atoms with Crippen molar-refractivity contribution < 1.29 is 14.7 Å². The van der Waals surface area contributed by atoms with Gasteiger partial charge in [0.05, 0.1) is 0 Å². The molecule has 1 rings (SSSR count). The van der Waals surface area contributed by atoms with Gasteiger partial charge in [0.25, 0.3) is 0 Å². The van der Waals surface area contributed by atoms with Crippen LogP contribution >= 0.6 is 11.8 Å². The molecule has 2 N–H and O–H groups in total. The van der Waals surface area contributed by atoms with Gasteiger partial charge >= 0.3 is 12.0 Å². The van der Waals surface area contributed by atoms with Crippen molar-refractivity contribution in [2.45, 2.75) is 56.6 Å². The van der Waals surface area contributed by atoms with Crippen LogP contribution in [-0.2, 0) is 4.79 Å². The van der Waals surface area contributed by atoms with Crippen LogP contribution in [0.2, 0.25) is 0 Å². The number of carbonyl (C=O) groups excluding carboxylic acids is 1. The van der Waals surface area contributed by atoms with Gasteiger partial charge in [-0.05, 0) is 6.42 Å². The monoisotopic (exact) mass is 288 g/mol. The molecule has 2 amide bonds. The maximum absolute atomic E-state index is 12.1. The van der Waals surface area contributed by atoms with Crippen LogP contribution in [0.15, 0.2) is 0 Å². The molecule has 0 aromatic heterocycles. The van der Waals surface area contributed by atoms with Crippen LogP contribution in [0.4, 0.5) is 4.79 Å². The second-order valence-corrected chi connectivity index (χ2v) is 7.03. The topological polar surface area (TPSA) is 69.6 Å². The molecule has 1 aliphatic rings. The maximum atomic E-state index is 12.1. The lowest BCUT2D eigenvalue weighted by Gasteiger charge is -2.35. The van der Waals surface area contributed by atoms with Crippen molar-refractivity contribution >= 4 is 23.8 Å². The first-order chi connectivity index (χ1) is 8.93. The summed E-state index contributed by atoms with van der Waals surface area (Å²) in [7, 11) is 0. The number of nitrogens with zero attached hydrogens (tertiary/aromatic N) is 1. The molecule has 1 heterocycles. The minimum absolute atomic E-state index is 0.248. The predicted octanol–water partition coefficient (Wildman–Crippen LogP) is 2.17. The Morgan fingerprint density at radius 2 is 1.95 bits per heavy atom. The van der Waals surface area contributed by atoms with Crippen LogP contribution in [-0.4, -0.2) is 51.6 Å². The van der Waals surface area contributed by atoms with Gasteiger partial charge in [-0.2, -0.15) is 11.8 Å². The normalized spacial score (nSPS) is 24.9. The largest absolute Gasteiger partial charge is 0.480 e. The molecule has 1 saturated heterocycles. The number of thioether (sulfide) groups is 1. The van der Waals surface area contributed by atoms with Crippen LogP contribution < -0.4 is 5.32 Å². The number of urea groups is 1. The van der Waals surface area contributed by atoms with Gasteiger partial charge in [0, 0.05) is 23.6 Å². The SMILES string of the molecule is CCCC[C@H](NC(=O)N1CC(C)SC(C)C1)C(=O)O. The van der Waals surface area contributed by atoms with E-state index < -0.39 is 12.0 Å². The molecule has 0 spiro atoms. The minimum atomic E-state index is -0.950. The predicted molar refractivity (Wildman–Crippen MR) is 77.6 cm³/mol. The highest BCUT2D eigenvalue weighted by Crippen LogP contribution is 2.24. The highest BCUT2D eigenvalue weighted by atomic mass is 32.2. The van der Waals surface area contributed by atoms with Crippen molar-refractivity contribution in [2.75, 3.05) is 13.1 Å². The summed E-state index contributed by atoms with van der Waals surface area (Å²) in [5, 5.41) is 12.5. The van der Waals surface area contributed by atoms with Crippen LogP contribution in [0.25, 0.3) is 0 Å². The molecule has 0 saturated carbocycles. The third-order valence-corrected chi connectivity index (χ3v) is 4.38. The van der Waals surface area contributed by atoms with Crippen molar-refractivity contribution in [1.29, 1.82) is 0 Å². The fraction of sp³-hybridized carbons (Fsp3) is 0.846. The van der Waals surface area contributed by atoms with Gasteiger partial charge < -0.3 is 15.3 Å². The average molecular weight is 288 g/mol. The van der Waals surface area contributed by atoms with Gasteiger partial charge in [0.15, 0.2) is 0 Å². The van der Waals surface area contributed by atoms with Crippen LogP contribution in [0.3, 0.4) is 0 Å². The van der Waals surface area contributed by atoms with Crippen molar-refractivity contribution in [2.24, 2.45) is 0 Å². The Bertz CT molecular complexity index is 315. The van der Waals surface area contributed by atoms with E-state index in [1.807, 2.05) is 18.7 Å². The summed E-state index contributed by atoms with van der Waals surface area (Å²) in [5.41, 5.74) is 0. The summed E-state index contributed by atoms with van der Waals surface area (Å²) in [6.07, 6.45) is 2.22. The van der Waals surface area contributed by atoms with Gasteiger partial charge in [-0.15, -0.1) is 0 Å². The molecule has 0 radical (unpaired) electrons. The lowest BCUT2D eigenvalue weighted by Crippen LogP contribution is -2.52. The van der Waals surface area contributed by atoms with Crippen LogP contribution in [0, 0.1) is 0 Å². The molecule has 19 heavy (non-hydrogen) atoms. The molecule has 6 heteroatoms. The van der Waals surface area contributed by atoms with Gasteiger partial charge in [0.2, 0.25) is 0 Å². The van der Waals surface area contributed by atoms with Gasteiger partial charge in [-0.25, -0.2) is 9.59 Å². The number of unbranched alkanes of at least 4 members (excludes halogenated alkanes) is 1. The Labute approximate surface area is 119 Å². The molecule has 0 aromatic rings. The average Bonchev–Trinajstić information content (AvgIpc) is 2.32. The molecule has 1 aliphatic heterocycles. The molecule has 0 aliphatic carbocycles. The summed E-state index contributed by atoms with van der Waals surface area (Å²) in [6, 6.07) is -1.02. The zero-order chi connectivity index (χ0) is 14.4. The van der Waals surface area contributed by atoms with E-state index in [2.05, 4.69) is 19.2 Å².